The highest BCUT2D eigenvalue weighted by Gasteiger charge is 2.56. The Balaban J connectivity index is 2.17. The van der Waals surface area contributed by atoms with E-state index in [9.17, 15) is 9.18 Å². The van der Waals surface area contributed by atoms with Gasteiger partial charge >= 0.3 is 6.09 Å². The lowest BCUT2D eigenvalue weighted by atomic mass is 10.1. The second-order valence-electron chi connectivity index (χ2n) is 9.35. The second kappa shape index (κ2) is 6.25. The maximum atomic E-state index is 14.3. The fraction of sp³-hybridized carbons (Fsp3) is 0.941. The van der Waals surface area contributed by atoms with Gasteiger partial charge in [-0.05, 0) is 38.9 Å². The van der Waals surface area contributed by atoms with Crippen molar-refractivity contribution in [3.05, 3.63) is 0 Å². The molecule has 1 amide bonds. The number of ether oxygens (including phenoxy) is 2. The largest absolute Gasteiger partial charge is 0.444 e. The summed E-state index contributed by atoms with van der Waals surface area (Å²) in [6.45, 7) is 16.5. The van der Waals surface area contributed by atoms with E-state index in [0.717, 1.165) is 0 Å². The van der Waals surface area contributed by atoms with Crippen molar-refractivity contribution in [1.29, 1.82) is 0 Å². The summed E-state index contributed by atoms with van der Waals surface area (Å²) in [7, 11) is -2.04. The normalized spacial score (nSPS) is 31.3. The van der Waals surface area contributed by atoms with Gasteiger partial charge in [0.15, 0.2) is 8.32 Å². The number of carbonyl (C=O) groups excluding carboxylic acids is 1. The Labute approximate surface area is 145 Å². The number of fused-ring (bicyclic) bond motifs is 1. The van der Waals surface area contributed by atoms with Crippen LogP contribution in [-0.2, 0) is 13.9 Å². The molecule has 0 radical (unpaired) electrons. The molecule has 5 nitrogen and oxygen atoms in total. The second-order valence-corrected chi connectivity index (χ2v) is 14.1. The molecular weight excluding hydrogens is 329 g/mol. The number of amides is 1. The SMILES string of the molecule is CC(C)(C)OC(=O)N1CC(F)C2OCC(O[Si](C)(C)C(C)(C)C)C21. The topological polar surface area (TPSA) is 48.0 Å². The van der Waals surface area contributed by atoms with Crippen LogP contribution in [0.15, 0.2) is 0 Å². The van der Waals surface area contributed by atoms with E-state index in [2.05, 4.69) is 33.9 Å². The molecule has 0 bridgehead atoms. The number of hydrogen-bond acceptors (Lipinski definition) is 4. The van der Waals surface area contributed by atoms with Crippen molar-refractivity contribution < 1.29 is 23.1 Å². The van der Waals surface area contributed by atoms with Gasteiger partial charge in [0.25, 0.3) is 0 Å². The highest BCUT2D eigenvalue weighted by molar-refractivity contribution is 6.74. The molecule has 2 heterocycles. The average molecular weight is 362 g/mol. The summed E-state index contributed by atoms with van der Waals surface area (Å²) in [6.07, 6.45) is -2.61. The fourth-order valence-electron chi connectivity index (χ4n) is 2.90. The maximum Gasteiger partial charge on any atom is 0.410 e. The van der Waals surface area contributed by atoms with Crippen LogP contribution in [0.25, 0.3) is 0 Å². The first-order chi connectivity index (χ1) is 10.7. The van der Waals surface area contributed by atoms with Gasteiger partial charge in [-0.15, -0.1) is 0 Å². The molecule has 4 atom stereocenters. The van der Waals surface area contributed by atoms with E-state index in [4.69, 9.17) is 13.9 Å². The number of halogens is 1. The number of hydrogen-bond donors (Lipinski definition) is 0. The van der Waals surface area contributed by atoms with Crippen LogP contribution in [0.1, 0.15) is 41.5 Å². The van der Waals surface area contributed by atoms with Gasteiger partial charge in [0.1, 0.15) is 17.9 Å². The van der Waals surface area contributed by atoms with Crippen molar-refractivity contribution in [3.63, 3.8) is 0 Å². The minimum absolute atomic E-state index is 0.00160. The Kier molecular flexibility index (Phi) is 5.12. The first kappa shape index (κ1) is 19.7. The van der Waals surface area contributed by atoms with E-state index >= 15 is 0 Å². The predicted octanol–water partition coefficient (Wildman–Crippen LogP) is 3.73. The van der Waals surface area contributed by atoms with E-state index in [1.54, 1.807) is 20.8 Å². The fourth-order valence-corrected chi connectivity index (χ4v) is 4.22. The Morgan fingerprint density at radius 2 is 1.79 bits per heavy atom. The molecule has 0 aromatic carbocycles. The predicted molar refractivity (Wildman–Crippen MR) is 93.4 cm³/mol. The quantitative estimate of drug-likeness (QED) is 0.703. The minimum Gasteiger partial charge on any atom is -0.444 e. The molecule has 24 heavy (non-hydrogen) atoms. The molecular formula is C17H32FNO4Si. The first-order valence-electron chi connectivity index (χ1n) is 8.66. The number of carbonyl (C=O) groups is 1. The van der Waals surface area contributed by atoms with Crippen LogP contribution >= 0.6 is 0 Å². The Hall–Kier alpha value is -0.663. The van der Waals surface area contributed by atoms with E-state index < -0.39 is 38.3 Å². The minimum atomic E-state index is -2.04. The van der Waals surface area contributed by atoms with Crippen molar-refractivity contribution in [3.8, 4) is 0 Å². The molecule has 2 aliphatic rings. The van der Waals surface area contributed by atoms with E-state index in [1.165, 1.54) is 4.90 Å². The summed E-state index contributed by atoms with van der Waals surface area (Å²) in [6, 6.07) is -0.413. The molecule has 4 unspecified atom stereocenters. The monoisotopic (exact) mass is 361 g/mol. The van der Waals surface area contributed by atoms with Crippen LogP contribution < -0.4 is 0 Å². The molecule has 0 spiro atoms. The van der Waals surface area contributed by atoms with Crippen molar-refractivity contribution in [1.82, 2.24) is 4.90 Å². The zero-order valence-corrected chi connectivity index (χ0v) is 17.2. The summed E-state index contributed by atoms with van der Waals surface area (Å²) in [5.74, 6) is 0. The maximum absolute atomic E-state index is 14.3. The van der Waals surface area contributed by atoms with Gasteiger partial charge in [-0.3, -0.25) is 4.90 Å². The lowest BCUT2D eigenvalue weighted by molar-refractivity contribution is 0.0112. The van der Waals surface area contributed by atoms with Crippen molar-refractivity contribution >= 4 is 14.4 Å². The van der Waals surface area contributed by atoms with Gasteiger partial charge in [0.05, 0.1) is 25.3 Å². The van der Waals surface area contributed by atoms with Crippen LogP contribution in [-0.4, -0.2) is 62.5 Å². The van der Waals surface area contributed by atoms with E-state index in [0.29, 0.717) is 6.61 Å². The van der Waals surface area contributed by atoms with Gasteiger partial charge in [-0.2, -0.15) is 0 Å². The molecule has 2 aliphatic heterocycles. The lowest BCUT2D eigenvalue weighted by Gasteiger charge is -2.40. The van der Waals surface area contributed by atoms with Gasteiger partial charge in [0, 0.05) is 0 Å². The summed E-state index contributed by atoms with van der Waals surface area (Å²) < 4.78 is 31.9. The third-order valence-corrected chi connectivity index (χ3v) is 9.64. The van der Waals surface area contributed by atoms with Crippen molar-refractivity contribution in [2.24, 2.45) is 0 Å². The van der Waals surface area contributed by atoms with Crippen LogP contribution in [0.4, 0.5) is 9.18 Å². The smallest absolute Gasteiger partial charge is 0.410 e. The number of alkyl halides is 1. The van der Waals surface area contributed by atoms with Gasteiger partial charge in [-0.1, -0.05) is 20.8 Å². The van der Waals surface area contributed by atoms with Gasteiger partial charge < -0.3 is 13.9 Å². The average Bonchev–Trinajstić information content (AvgIpc) is 2.88. The van der Waals surface area contributed by atoms with Crippen molar-refractivity contribution in [2.45, 2.75) is 89.7 Å². The van der Waals surface area contributed by atoms with Gasteiger partial charge in [0.2, 0.25) is 0 Å². The zero-order valence-electron chi connectivity index (χ0n) is 16.2. The summed E-state index contributed by atoms with van der Waals surface area (Å²) in [5.41, 5.74) is -0.615. The third kappa shape index (κ3) is 3.94. The lowest BCUT2D eigenvalue weighted by Crippen LogP contribution is -2.52. The Bertz CT molecular complexity index is 486. The Morgan fingerprint density at radius 3 is 2.29 bits per heavy atom. The number of likely N-dealkylation sites (tertiary alicyclic amines) is 1. The molecule has 2 rings (SSSR count). The zero-order chi connectivity index (χ0) is 18.5. The van der Waals surface area contributed by atoms with Crippen molar-refractivity contribution in [2.75, 3.05) is 13.2 Å². The van der Waals surface area contributed by atoms with Crippen LogP contribution in [0.5, 0.6) is 0 Å². The number of rotatable bonds is 2. The number of nitrogens with zero attached hydrogens (tertiary/aromatic N) is 1. The molecule has 0 saturated carbocycles. The van der Waals surface area contributed by atoms with Crippen LogP contribution in [0, 0.1) is 0 Å². The molecule has 0 aromatic rings. The molecule has 7 heteroatoms. The van der Waals surface area contributed by atoms with E-state index in [1.807, 2.05) is 0 Å². The molecule has 140 valence electrons. The van der Waals surface area contributed by atoms with Crippen LogP contribution in [0.2, 0.25) is 18.1 Å². The third-order valence-electron chi connectivity index (χ3n) is 5.14. The summed E-state index contributed by atoms with van der Waals surface area (Å²) in [4.78, 5) is 14.0. The molecule has 0 aliphatic carbocycles. The standard InChI is InChI=1S/C17H32FNO4Si/c1-16(2,3)22-15(20)19-9-11(18)14-13(19)12(10-21-14)23-24(7,8)17(4,5)6/h11-14H,9-10H2,1-8H3. The molecule has 2 fully saturated rings. The summed E-state index contributed by atoms with van der Waals surface area (Å²) in [5, 5.41) is 0.0373. The highest BCUT2D eigenvalue weighted by Crippen LogP contribution is 2.41. The first-order valence-corrected chi connectivity index (χ1v) is 11.6. The van der Waals surface area contributed by atoms with Crippen LogP contribution in [0.3, 0.4) is 0 Å². The summed E-state index contributed by atoms with van der Waals surface area (Å²) >= 11 is 0. The Morgan fingerprint density at radius 1 is 1.21 bits per heavy atom. The molecule has 0 N–H and O–H groups in total. The molecule has 2 saturated heterocycles. The van der Waals surface area contributed by atoms with E-state index in [-0.39, 0.29) is 17.7 Å². The van der Waals surface area contributed by atoms with Gasteiger partial charge in [-0.25, -0.2) is 9.18 Å². The molecule has 0 aromatic heterocycles. The highest BCUT2D eigenvalue weighted by atomic mass is 28.4.